The number of fused-ring (bicyclic) bond motifs is 2. The predicted octanol–water partition coefficient (Wildman–Crippen LogP) is 3.32. The zero-order chi connectivity index (χ0) is 8.01. The van der Waals surface area contributed by atoms with Crippen LogP contribution in [0.5, 0.6) is 0 Å². The molecule has 0 aromatic carbocycles. The van der Waals surface area contributed by atoms with Gasteiger partial charge in [0.25, 0.3) is 0 Å². The second-order valence-electron chi connectivity index (χ2n) is 5.01. The maximum atomic E-state index is 2.48. The Labute approximate surface area is 70.4 Å². The summed E-state index contributed by atoms with van der Waals surface area (Å²) in [4.78, 5) is 0. The lowest BCUT2D eigenvalue weighted by Crippen LogP contribution is -2.24. The van der Waals surface area contributed by atoms with Crippen LogP contribution in [0, 0.1) is 29.6 Å². The van der Waals surface area contributed by atoms with E-state index in [0.717, 1.165) is 29.6 Å². The molecule has 0 amide bonds. The molecule has 2 aliphatic rings. The highest BCUT2D eigenvalue weighted by molar-refractivity contribution is 4.95. The summed E-state index contributed by atoms with van der Waals surface area (Å²) in [5, 5.41) is 0. The Kier molecular flexibility index (Phi) is 1.74. The summed E-state index contributed by atoms with van der Waals surface area (Å²) >= 11 is 0. The average molecular weight is 152 g/mol. The van der Waals surface area contributed by atoms with E-state index in [2.05, 4.69) is 20.8 Å². The van der Waals surface area contributed by atoms with Gasteiger partial charge in [-0.2, -0.15) is 0 Å². The van der Waals surface area contributed by atoms with Gasteiger partial charge in [-0.15, -0.1) is 0 Å². The van der Waals surface area contributed by atoms with Gasteiger partial charge in [-0.3, -0.25) is 0 Å². The van der Waals surface area contributed by atoms with Gasteiger partial charge in [0.1, 0.15) is 0 Å². The van der Waals surface area contributed by atoms with Gasteiger partial charge in [-0.25, -0.2) is 0 Å². The molecule has 0 unspecified atom stereocenters. The number of rotatable bonds is 1. The molecule has 11 heavy (non-hydrogen) atoms. The van der Waals surface area contributed by atoms with E-state index in [1.807, 2.05) is 0 Å². The molecule has 0 heteroatoms. The fraction of sp³-hybridized carbons (Fsp3) is 1.00. The van der Waals surface area contributed by atoms with Crippen LogP contribution < -0.4 is 0 Å². The third-order valence-corrected chi connectivity index (χ3v) is 4.18. The highest BCUT2D eigenvalue weighted by atomic mass is 14.5. The fourth-order valence-corrected chi connectivity index (χ4v) is 3.77. The van der Waals surface area contributed by atoms with E-state index < -0.39 is 0 Å². The third-order valence-electron chi connectivity index (χ3n) is 4.18. The summed E-state index contributed by atoms with van der Waals surface area (Å²) in [7, 11) is 0. The van der Waals surface area contributed by atoms with Gasteiger partial charge in [0.15, 0.2) is 0 Å². The smallest absolute Gasteiger partial charge is 0.0334 e. The van der Waals surface area contributed by atoms with Crippen molar-refractivity contribution >= 4 is 0 Å². The van der Waals surface area contributed by atoms with E-state index >= 15 is 0 Å². The van der Waals surface area contributed by atoms with Crippen LogP contribution in [0.1, 0.15) is 40.0 Å². The van der Waals surface area contributed by atoms with Crippen molar-refractivity contribution in [3.63, 3.8) is 0 Å². The third kappa shape index (κ3) is 1.02. The minimum Gasteiger partial charge on any atom is -0.0625 e. The largest absolute Gasteiger partial charge is 0.0625 e. The standard InChI is InChI=1S/C11H20/c1-7(2)11-8(3)9-4-5-10(11)6-9/h7-11H,4-6H2,1-3H3/t8-,9+,10-,11-/m1/s1. The normalized spacial score (nSPS) is 49.1. The van der Waals surface area contributed by atoms with Crippen LogP contribution in [0.2, 0.25) is 0 Å². The molecule has 0 radical (unpaired) electrons. The van der Waals surface area contributed by atoms with Crippen molar-refractivity contribution in [2.75, 3.05) is 0 Å². The second-order valence-corrected chi connectivity index (χ2v) is 5.01. The lowest BCUT2D eigenvalue weighted by molar-refractivity contribution is 0.181. The molecule has 0 N–H and O–H groups in total. The molecule has 0 saturated heterocycles. The summed E-state index contributed by atoms with van der Waals surface area (Å²) < 4.78 is 0. The molecule has 0 aromatic heterocycles. The van der Waals surface area contributed by atoms with E-state index in [1.165, 1.54) is 12.8 Å². The minimum atomic E-state index is 0.931. The maximum absolute atomic E-state index is 2.48. The molecule has 2 fully saturated rings. The zero-order valence-electron chi connectivity index (χ0n) is 8.01. The van der Waals surface area contributed by atoms with Crippen molar-refractivity contribution in [2.24, 2.45) is 29.6 Å². The Balaban J connectivity index is 2.11. The summed E-state index contributed by atoms with van der Waals surface area (Å²) in [6.45, 7) is 7.29. The quantitative estimate of drug-likeness (QED) is 0.540. The van der Waals surface area contributed by atoms with Crippen molar-refractivity contribution in [3.05, 3.63) is 0 Å². The van der Waals surface area contributed by atoms with Crippen LogP contribution in [-0.4, -0.2) is 0 Å². The molecule has 0 heterocycles. The van der Waals surface area contributed by atoms with Gasteiger partial charge < -0.3 is 0 Å². The van der Waals surface area contributed by atoms with Crippen LogP contribution in [0.15, 0.2) is 0 Å². The summed E-state index contributed by atoms with van der Waals surface area (Å²) in [6.07, 6.45) is 4.64. The fourth-order valence-electron chi connectivity index (χ4n) is 3.77. The molecule has 4 atom stereocenters. The second kappa shape index (κ2) is 2.50. The van der Waals surface area contributed by atoms with Crippen molar-refractivity contribution in [3.8, 4) is 0 Å². The van der Waals surface area contributed by atoms with E-state index in [9.17, 15) is 0 Å². The van der Waals surface area contributed by atoms with Crippen molar-refractivity contribution in [1.29, 1.82) is 0 Å². The Bertz CT molecular complexity index is 146. The molecule has 2 saturated carbocycles. The van der Waals surface area contributed by atoms with Gasteiger partial charge in [0.2, 0.25) is 0 Å². The first-order valence-corrected chi connectivity index (χ1v) is 5.20. The lowest BCUT2D eigenvalue weighted by atomic mass is 9.74. The first-order chi connectivity index (χ1) is 5.20. The molecule has 2 rings (SSSR count). The molecule has 0 aliphatic heterocycles. The predicted molar refractivity (Wildman–Crippen MR) is 48.3 cm³/mol. The highest BCUT2D eigenvalue weighted by Gasteiger charge is 2.45. The van der Waals surface area contributed by atoms with E-state index in [1.54, 1.807) is 6.42 Å². The number of hydrogen-bond donors (Lipinski definition) is 0. The monoisotopic (exact) mass is 152 g/mol. The van der Waals surface area contributed by atoms with Crippen molar-refractivity contribution < 1.29 is 0 Å². The van der Waals surface area contributed by atoms with Gasteiger partial charge in [-0.1, -0.05) is 20.8 Å². The molecule has 64 valence electrons. The van der Waals surface area contributed by atoms with Gasteiger partial charge in [0, 0.05) is 0 Å². The summed E-state index contributed by atoms with van der Waals surface area (Å²) in [6, 6.07) is 0. The first kappa shape index (κ1) is 7.64. The summed E-state index contributed by atoms with van der Waals surface area (Å²) in [5.41, 5.74) is 0. The van der Waals surface area contributed by atoms with E-state index in [-0.39, 0.29) is 0 Å². The molecule has 2 aliphatic carbocycles. The van der Waals surface area contributed by atoms with E-state index in [0.29, 0.717) is 0 Å². The Morgan fingerprint density at radius 2 is 1.73 bits per heavy atom. The average Bonchev–Trinajstić information content (AvgIpc) is 2.44. The van der Waals surface area contributed by atoms with Gasteiger partial charge >= 0.3 is 0 Å². The van der Waals surface area contributed by atoms with Crippen LogP contribution in [-0.2, 0) is 0 Å². The molecular formula is C11H20. The Morgan fingerprint density at radius 1 is 1.09 bits per heavy atom. The topological polar surface area (TPSA) is 0 Å². The number of hydrogen-bond acceptors (Lipinski definition) is 0. The van der Waals surface area contributed by atoms with Crippen LogP contribution >= 0.6 is 0 Å². The van der Waals surface area contributed by atoms with E-state index in [4.69, 9.17) is 0 Å². The van der Waals surface area contributed by atoms with Gasteiger partial charge in [0.05, 0.1) is 0 Å². The highest BCUT2D eigenvalue weighted by Crippen LogP contribution is 2.54. The van der Waals surface area contributed by atoms with Crippen LogP contribution in [0.25, 0.3) is 0 Å². The molecule has 0 aromatic rings. The molecule has 2 bridgehead atoms. The SMILES string of the molecule is CC(C)[C@H]1[C@@H]2CC[C@@H](C2)[C@H]1C. The van der Waals surface area contributed by atoms with Crippen LogP contribution in [0.3, 0.4) is 0 Å². The Hall–Kier alpha value is 0. The van der Waals surface area contributed by atoms with Crippen molar-refractivity contribution in [1.82, 2.24) is 0 Å². The lowest BCUT2D eigenvalue weighted by Gasteiger charge is -2.31. The summed E-state index contributed by atoms with van der Waals surface area (Å²) in [5.74, 6) is 5.24. The van der Waals surface area contributed by atoms with Crippen LogP contribution in [0.4, 0.5) is 0 Å². The minimum absolute atomic E-state index is 0.931. The Morgan fingerprint density at radius 3 is 2.09 bits per heavy atom. The maximum Gasteiger partial charge on any atom is -0.0334 e. The van der Waals surface area contributed by atoms with Crippen molar-refractivity contribution in [2.45, 2.75) is 40.0 Å². The molecule has 0 spiro atoms. The molecule has 0 nitrogen and oxygen atoms in total. The van der Waals surface area contributed by atoms with Gasteiger partial charge in [-0.05, 0) is 48.9 Å². The first-order valence-electron chi connectivity index (χ1n) is 5.20. The zero-order valence-corrected chi connectivity index (χ0v) is 8.01. The molecular weight excluding hydrogens is 132 g/mol.